The van der Waals surface area contributed by atoms with Gasteiger partial charge >= 0.3 is 0 Å². The van der Waals surface area contributed by atoms with Crippen molar-refractivity contribution in [2.24, 2.45) is 17.8 Å². The largest absolute Gasteiger partial charge is 0.396 e. The smallest absolute Gasteiger partial charge is 0.162 e. The zero-order chi connectivity index (χ0) is 35.1. The highest BCUT2D eigenvalue weighted by Crippen LogP contribution is 2.28. The van der Waals surface area contributed by atoms with Crippen LogP contribution in [-0.4, -0.2) is 129 Å². The van der Waals surface area contributed by atoms with E-state index in [2.05, 4.69) is 36.7 Å². The third-order valence-corrected chi connectivity index (χ3v) is 8.25. The summed E-state index contributed by atoms with van der Waals surface area (Å²) in [6.45, 7) is 13.4. The number of β-amino-alcohol motifs (C(OH)–C–C–N with tert-alkyl or cyclic N) is 1. The number of unbranched alkanes of at least 4 members (excludes halogenated alkanes) is 2. The summed E-state index contributed by atoms with van der Waals surface area (Å²) in [7, 11) is 1.56. The lowest BCUT2D eigenvalue weighted by Gasteiger charge is -2.29. The third kappa shape index (κ3) is 21.8. The van der Waals surface area contributed by atoms with E-state index in [0.29, 0.717) is 91.1 Å². The van der Waals surface area contributed by atoms with Crippen molar-refractivity contribution in [2.45, 2.75) is 129 Å². The van der Waals surface area contributed by atoms with E-state index in [4.69, 9.17) is 23.7 Å². The molecule has 1 fully saturated rings. The lowest BCUT2D eigenvalue weighted by atomic mass is 9.88. The molecule has 0 radical (unpaired) electrons. The molecule has 0 aliphatic carbocycles. The summed E-state index contributed by atoms with van der Waals surface area (Å²) in [6, 6.07) is -0.438. The van der Waals surface area contributed by atoms with Gasteiger partial charge in [-0.1, -0.05) is 20.3 Å². The quantitative estimate of drug-likeness (QED) is 0.0471. The van der Waals surface area contributed by atoms with Gasteiger partial charge in [-0.2, -0.15) is 0 Å². The molecule has 0 aromatic heterocycles. The van der Waals surface area contributed by atoms with Crippen LogP contribution in [0.3, 0.4) is 0 Å². The Morgan fingerprint density at radius 3 is 2.34 bits per heavy atom. The Kier molecular flexibility index (Phi) is 24.5. The summed E-state index contributed by atoms with van der Waals surface area (Å²) in [6.07, 6.45) is 3.28. The summed E-state index contributed by atoms with van der Waals surface area (Å²) in [5.74, 6) is -0.275. The van der Waals surface area contributed by atoms with Gasteiger partial charge in [-0.25, -0.2) is 0 Å². The summed E-state index contributed by atoms with van der Waals surface area (Å²) >= 11 is 0. The molecule has 0 aromatic carbocycles. The van der Waals surface area contributed by atoms with Gasteiger partial charge in [-0.15, -0.1) is 0 Å². The molecule has 13 nitrogen and oxygen atoms in total. The molecule has 1 aliphatic heterocycles. The Bertz CT molecular complexity index is 773. The predicted molar refractivity (Wildman–Crippen MR) is 181 cm³/mol. The molecule has 1 rings (SSSR count). The van der Waals surface area contributed by atoms with Crippen LogP contribution in [0.15, 0.2) is 0 Å². The molecule has 1 aliphatic rings. The van der Waals surface area contributed by atoms with E-state index in [1.165, 1.54) is 0 Å². The fraction of sp³-hybridized carbons (Fsp3) is 0.971. The lowest BCUT2D eigenvalue weighted by Crippen LogP contribution is -2.45. The fourth-order valence-electron chi connectivity index (χ4n) is 5.43. The summed E-state index contributed by atoms with van der Waals surface area (Å²) in [5, 5.41) is 51.1. The third-order valence-electron chi connectivity index (χ3n) is 8.25. The minimum Gasteiger partial charge on any atom is -0.396 e. The Hall–Kier alpha value is -0.810. The van der Waals surface area contributed by atoms with E-state index in [1.807, 2.05) is 13.8 Å². The summed E-state index contributed by atoms with van der Waals surface area (Å²) in [5.41, 5.74) is -0.0842. The molecule has 7 N–H and O–H groups in total. The second-order valence-corrected chi connectivity index (χ2v) is 14.0. The standard InChI is InChI=1S/C34H69N3O10/c1-25(2)32(42)28(11-7-9-15-35-30(40)14-17-44-19-20-45-24-43-6)37-31(41)12-8-10-16-46-33-27(23-38)21-26(13-18-47-33)29(39)22-36-34(3,4)5/h25-31,33,35-41H,7-24H2,1-6H3. The average molecular weight is 680 g/mol. The Labute approximate surface area is 283 Å². The van der Waals surface area contributed by atoms with Gasteiger partial charge in [0.25, 0.3) is 0 Å². The number of Topliss-reactive ketones (excluding diaryl/α,β-unsaturated/α-hetero) is 1. The average Bonchev–Trinajstić information content (AvgIpc) is 3.23. The minimum atomic E-state index is -0.814. The Morgan fingerprint density at radius 1 is 0.936 bits per heavy atom. The molecular weight excluding hydrogens is 610 g/mol. The van der Waals surface area contributed by atoms with Gasteiger partial charge in [0.2, 0.25) is 0 Å². The van der Waals surface area contributed by atoms with Gasteiger partial charge in [-0.3, -0.25) is 15.4 Å². The van der Waals surface area contributed by atoms with Crippen molar-refractivity contribution in [1.82, 2.24) is 16.0 Å². The van der Waals surface area contributed by atoms with Crippen molar-refractivity contribution in [2.75, 3.05) is 66.6 Å². The van der Waals surface area contributed by atoms with E-state index >= 15 is 0 Å². The number of carbonyl (C=O) groups is 1. The van der Waals surface area contributed by atoms with E-state index in [1.54, 1.807) is 7.11 Å². The number of aliphatic hydroxyl groups is 4. The number of rotatable bonds is 28. The van der Waals surface area contributed by atoms with E-state index in [0.717, 1.165) is 12.8 Å². The van der Waals surface area contributed by atoms with Crippen LogP contribution in [0.1, 0.15) is 92.4 Å². The number of ether oxygens (including phenoxy) is 5. The molecule has 1 heterocycles. The molecule has 1 saturated heterocycles. The van der Waals surface area contributed by atoms with Crippen molar-refractivity contribution >= 4 is 5.78 Å². The molecule has 0 bridgehead atoms. The Morgan fingerprint density at radius 2 is 1.66 bits per heavy atom. The molecule has 0 aromatic rings. The number of hydrogen-bond donors (Lipinski definition) is 7. The summed E-state index contributed by atoms with van der Waals surface area (Å²) < 4.78 is 27.3. The van der Waals surface area contributed by atoms with E-state index in [9.17, 15) is 25.2 Å². The van der Waals surface area contributed by atoms with Crippen LogP contribution in [0.25, 0.3) is 0 Å². The first kappa shape index (κ1) is 44.2. The predicted octanol–water partition coefficient (Wildman–Crippen LogP) is 1.89. The van der Waals surface area contributed by atoms with Crippen molar-refractivity contribution in [3.8, 4) is 0 Å². The summed E-state index contributed by atoms with van der Waals surface area (Å²) in [4.78, 5) is 12.8. The Balaban J connectivity index is 2.32. The van der Waals surface area contributed by atoms with Crippen LogP contribution in [-0.2, 0) is 28.5 Å². The monoisotopic (exact) mass is 679 g/mol. The number of nitrogens with one attached hydrogen (secondary N) is 3. The van der Waals surface area contributed by atoms with Gasteiger partial charge in [-0.05, 0) is 78.2 Å². The highest BCUT2D eigenvalue weighted by molar-refractivity contribution is 5.85. The first-order valence-electron chi connectivity index (χ1n) is 17.7. The second kappa shape index (κ2) is 26.1. The van der Waals surface area contributed by atoms with Gasteiger partial charge in [0, 0.05) is 44.1 Å². The van der Waals surface area contributed by atoms with Crippen LogP contribution in [0.4, 0.5) is 0 Å². The van der Waals surface area contributed by atoms with Crippen molar-refractivity contribution in [3.63, 3.8) is 0 Å². The molecule has 0 amide bonds. The maximum absolute atomic E-state index is 12.8. The van der Waals surface area contributed by atoms with Gasteiger partial charge in [0.1, 0.15) is 19.2 Å². The topological polar surface area (TPSA) is 180 Å². The van der Waals surface area contributed by atoms with Crippen LogP contribution in [0, 0.1) is 17.8 Å². The maximum Gasteiger partial charge on any atom is 0.162 e. The maximum atomic E-state index is 12.8. The number of aliphatic hydroxyl groups excluding tert-OH is 4. The zero-order valence-electron chi connectivity index (χ0n) is 30.1. The highest BCUT2D eigenvalue weighted by Gasteiger charge is 2.33. The molecule has 280 valence electrons. The number of carbonyl (C=O) groups excluding carboxylic acids is 1. The molecular formula is C34H69N3O10. The minimum absolute atomic E-state index is 0.0176. The number of methoxy groups -OCH3 is 1. The molecule has 0 saturated carbocycles. The zero-order valence-corrected chi connectivity index (χ0v) is 30.1. The molecule has 13 heteroatoms. The highest BCUT2D eigenvalue weighted by atomic mass is 16.7. The van der Waals surface area contributed by atoms with E-state index in [-0.39, 0.29) is 42.5 Å². The van der Waals surface area contributed by atoms with Crippen molar-refractivity contribution < 1.29 is 48.9 Å². The van der Waals surface area contributed by atoms with Crippen molar-refractivity contribution in [1.29, 1.82) is 0 Å². The lowest BCUT2D eigenvalue weighted by molar-refractivity contribution is -0.174. The molecule has 7 atom stereocenters. The van der Waals surface area contributed by atoms with Crippen LogP contribution in [0.5, 0.6) is 0 Å². The van der Waals surface area contributed by atoms with Gasteiger partial charge in [0.05, 0.1) is 45.2 Å². The van der Waals surface area contributed by atoms with Gasteiger partial charge < -0.3 is 49.4 Å². The van der Waals surface area contributed by atoms with Crippen LogP contribution >= 0.6 is 0 Å². The normalized spacial score (nSPS) is 21.8. The SMILES string of the molecule is COCOCCOCCC(O)NCCCCC(NC(O)CCCCOC1OCCC(C(O)CNC(C)(C)C)CC1CO)C(=O)C(C)C. The van der Waals surface area contributed by atoms with E-state index < -0.39 is 30.9 Å². The van der Waals surface area contributed by atoms with Crippen molar-refractivity contribution in [3.05, 3.63) is 0 Å². The molecule has 0 spiro atoms. The first-order valence-corrected chi connectivity index (χ1v) is 17.7. The first-order chi connectivity index (χ1) is 22.4. The van der Waals surface area contributed by atoms with Crippen LogP contribution < -0.4 is 16.0 Å². The molecule has 7 unspecified atom stereocenters. The second-order valence-electron chi connectivity index (χ2n) is 14.0. The number of hydrogen-bond acceptors (Lipinski definition) is 13. The fourth-order valence-corrected chi connectivity index (χ4v) is 5.43. The number of ketones is 1. The molecule has 47 heavy (non-hydrogen) atoms. The van der Waals surface area contributed by atoms with Crippen LogP contribution in [0.2, 0.25) is 0 Å². The van der Waals surface area contributed by atoms with Gasteiger partial charge in [0.15, 0.2) is 12.1 Å².